The molecule has 5 nitrogen and oxygen atoms in total. The van der Waals surface area contributed by atoms with Crippen LogP contribution in [-0.4, -0.2) is 20.6 Å². The number of anilines is 1. The van der Waals surface area contributed by atoms with Crippen molar-refractivity contribution in [1.82, 2.24) is 5.32 Å². The van der Waals surface area contributed by atoms with Gasteiger partial charge in [0.05, 0.1) is 24.5 Å². The van der Waals surface area contributed by atoms with Crippen molar-refractivity contribution in [3.05, 3.63) is 137 Å². The molecule has 0 bridgehead atoms. The standard InChI is InChI=1S/C29H28N2O3S/c1-22-11-9-10-16-27(22)28(24-12-5-3-6-13-24)30-29(32)25-19-17-23(18-20-25)21-31(35(2,33)34)26-14-7-4-8-15-26/h3-20,28H,21H2,1-2H3,(H,30,32)/t28-/m0/s1. The minimum absolute atomic E-state index is 0.181. The predicted molar refractivity (Wildman–Crippen MR) is 141 cm³/mol. The third-order valence-corrected chi connectivity index (χ3v) is 7.04. The highest BCUT2D eigenvalue weighted by Gasteiger charge is 2.20. The summed E-state index contributed by atoms with van der Waals surface area (Å²) in [5.41, 5.74) is 5.02. The van der Waals surface area contributed by atoms with Gasteiger partial charge in [-0.2, -0.15) is 0 Å². The molecule has 0 aliphatic rings. The largest absolute Gasteiger partial charge is 0.341 e. The lowest BCUT2D eigenvalue weighted by atomic mass is 9.94. The summed E-state index contributed by atoms with van der Waals surface area (Å²) in [4.78, 5) is 13.2. The zero-order valence-corrected chi connectivity index (χ0v) is 20.6. The number of aryl methyl sites for hydroxylation is 1. The van der Waals surface area contributed by atoms with Gasteiger partial charge in [0.15, 0.2) is 0 Å². The van der Waals surface area contributed by atoms with Crippen LogP contribution in [0.3, 0.4) is 0 Å². The van der Waals surface area contributed by atoms with Gasteiger partial charge in [-0.15, -0.1) is 0 Å². The maximum Gasteiger partial charge on any atom is 0.252 e. The SMILES string of the molecule is Cc1ccccc1[C@@H](NC(=O)c1ccc(CN(c2ccccc2)S(C)(=O)=O)cc1)c1ccccc1. The van der Waals surface area contributed by atoms with Gasteiger partial charge < -0.3 is 5.32 Å². The molecule has 4 aromatic rings. The van der Waals surface area contributed by atoms with Gasteiger partial charge in [-0.3, -0.25) is 9.10 Å². The van der Waals surface area contributed by atoms with E-state index in [0.717, 1.165) is 22.3 Å². The fraction of sp³-hybridized carbons (Fsp3) is 0.138. The van der Waals surface area contributed by atoms with Gasteiger partial charge in [0.2, 0.25) is 10.0 Å². The summed E-state index contributed by atoms with van der Waals surface area (Å²) < 4.78 is 26.1. The lowest BCUT2D eigenvalue weighted by Gasteiger charge is -2.23. The first kappa shape index (κ1) is 24.2. The number of amides is 1. The molecule has 0 fully saturated rings. The lowest BCUT2D eigenvalue weighted by molar-refractivity contribution is 0.0943. The van der Waals surface area contributed by atoms with Gasteiger partial charge in [-0.25, -0.2) is 8.42 Å². The van der Waals surface area contributed by atoms with Crippen molar-refractivity contribution >= 4 is 21.6 Å². The number of sulfonamides is 1. The number of nitrogens with one attached hydrogen (secondary N) is 1. The molecule has 0 aromatic heterocycles. The number of hydrogen-bond donors (Lipinski definition) is 1. The van der Waals surface area contributed by atoms with Gasteiger partial charge in [0.1, 0.15) is 0 Å². The van der Waals surface area contributed by atoms with E-state index in [9.17, 15) is 13.2 Å². The quantitative estimate of drug-likeness (QED) is 0.360. The normalized spacial score (nSPS) is 12.1. The second-order valence-corrected chi connectivity index (χ2v) is 10.4. The van der Waals surface area contributed by atoms with E-state index in [1.165, 1.54) is 10.6 Å². The van der Waals surface area contributed by atoms with Crippen LogP contribution in [0.5, 0.6) is 0 Å². The summed E-state index contributed by atoms with van der Waals surface area (Å²) in [6.45, 7) is 2.22. The molecule has 0 aliphatic carbocycles. The molecule has 0 saturated carbocycles. The molecule has 35 heavy (non-hydrogen) atoms. The molecular weight excluding hydrogens is 456 g/mol. The van der Waals surface area contributed by atoms with Gasteiger partial charge >= 0.3 is 0 Å². The second kappa shape index (κ2) is 10.6. The van der Waals surface area contributed by atoms with E-state index in [2.05, 4.69) is 5.32 Å². The highest BCUT2D eigenvalue weighted by Crippen LogP contribution is 2.26. The highest BCUT2D eigenvalue weighted by atomic mass is 32.2. The van der Waals surface area contributed by atoms with Crippen molar-refractivity contribution in [3.8, 4) is 0 Å². The lowest BCUT2D eigenvalue weighted by Crippen LogP contribution is -2.30. The minimum atomic E-state index is -3.47. The Bertz CT molecular complexity index is 1390. The molecule has 4 aromatic carbocycles. The first-order valence-electron chi connectivity index (χ1n) is 11.4. The number of carbonyl (C=O) groups excluding carboxylic acids is 1. The molecule has 178 valence electrons. The van der Waals surface area contributed by atoms with Crippen LogP contribution in [0, 0.1) is 6.92 Å². The third-order valence-electron chi connectivity index (χ3n) is 5.89. The van der Waals surface area contributed by atoms with E-state index in [-0.39, 0.29) is 18.5 Å². The number of para-hydroxylation sites is 1. The highest BCUT2D eigenvalue weighted by molar-refractivity contribution is 7.92. The average Bonchev–Trinajstić information content (AvgIpc) is 2.87. The van der Waals surface area contributed by atoms with Crippen LogP contribution in [0.25, 0.3) is 0 Å². The smallest absolute Gasteiger partial charge is 0.252 e. The number of rotatable bonds is 8. The van der Waals surface area contributed by atoms with E-state index < -0.39 is 10.0 Å². The molecular formula is C29H28N2O3S. The minimum Gasteiger partial charge on any atom is -0.341 e. The van der Waals surface area contributed by atoms with Crippen molar-refractivity contribution in [3.63, 3.8) is 0 Å². The second-order valence-electron chi connectivity index (χ2n) is 8.48. The van der Waals surface area contributed by atoms with Crippen molar-refractivity contribution in [2.24, 2.45) is 0 Å². The van der Waals surface area contributed by atoms with Crippen molar-refractivity contribution in [2.75, 3.05) is 10.6 Å². The Morgan fingerprint density at radius 2 is 1.37 bits per heavy atom. The van der Waals surface area contributed by atoms with Crippen LogP contribution in [0.1, 0.15) is 38.7 Å². The molecule has 1 atom stereocenters. The van der Waals surface area contributed by atoms with Crippen molar-refractivity contribution in [2.45, 2.75) is 19.5 Å². The Kier molecular flexibility index (Phi) is 7.32. The first-order chi connectivity index (χ1) is 16.8. The van der Waals surface area contributed by atoms with Gasteiger partial charge in [0, 0.05) is 5.56 Å². The summed E-state index contributed by atoms with van der Waals surface area (Å²) in [6, 6.07) is 33.6. The summed E-state index contributed by atoms with van der Waals surface area (Å²) in [5, 5.41) is 3.17. The van der Waals surface area contributed by atoms with Crippen molar-refractivity contribution in [1.29, 1.82) is 0 Å². The number of carbonyl (C=O) groups is 1. The average molecular weight is 485 g/mol. The van der Waals surface area contributed by atoms with Crippen molar-refractivity contribution < 1.29 is 13.2 Å². The molecule has 0 heterocycles. The number of hydrogen-bond acceptors (Lipinski definition) is 3. The molecule has 0 radical (unpaired) electrons. The summed E-state index contributed by atoms with van der Waals surface area (Å²) in [6.07, 6.45) is 1.19. The van der Waals surface area contributed by atoms with E-state index in [1.54, 1.807) is 48.5 Å². The van der Waals surface area contributed by atoms with Gasteiger partial charge in [0.25, 0.3) is 5.91 Å². The zero-order chi connectivity index (χ0) is 24.8. The molecule has 1 N–H and O–H groups in total. The topological polar surface area (TPSA) is 66.5 Å². The molecule has 0 spiro atoms. The fourth-order valence-corrected chi connectivity index (χ4v) is 4.92. The molecule has 6 heteroatoms. The molecule has 0 aliphatic heterocycles. The van der Waals surface area contributed by atoms with Crippen LogP contribution < -0.4 is 9.62 Å². The molecule has 1 amide bonds. The maximum atomic E-state index is 13.2. The van der Waals surface area contributed by atoms with E-state index in [0.29, 0.717) is 11.3 Å². The van der Waals surface area contributed by atoms with Gasteiger partial charge in [-0.1, -0.05) is 84.9 Å². The van der Waals surface area contributed by atoms with E-state index >= 15 is 0 Å². The molecule has 0 saturated heterocycles. The van der Waals surface area contributed by atoms with Crippen LogP contribution in [0.4, 0.5) is 5.69 Å². The van der Waals surface area contributed by atoms with E-state index in [1.807, 2.05) is 67.6 Å². The Morgan fingerprint density at radius 3 is 1.97 bits per heavy atom. The number of nitrogens with zero attached hydrogens (tertiary/aromatic N) is 1. The predicted octanol–water partition coefficient (Wildman–Crippen LogP) is 5.48. The maximum absolute atomic E-state index is 13.2. The van der Waals surface area contributed by atoms with Crippen LogP contribution in [0.2, 0.25) is 0 Å². The first-order valence-corrected chi connectivity index (χ1v) is 13.2. The summed E-state index contributed by atoms with van der Waals surface area (Å²) in [7, 11) is -3.47. The Hall–Kier alpha value is -3.90. The zero-order valence-electron chi connectivity index (χ0n) is 19.8. The number of benzene rings is 4. The molecule has 4 rings (SSSR count). The summed E-state index contributed by atoms with van der Waals surface area (Å²) >= 11 is 0. The summed E-state index contributed by atoms with van der Waals surface area (Å²) in [5.74, 6) is -0.198. The van der Waals surface area contributed by atoms with Crippen LogP contribution in [-0.2, 0) is 16.6 Å². The molecule has 0 unspecified atom stereocenters. The third kappa shape index (κ3) is 5.97. The fourth-order valence-electron chi connectivity index (χ4n) is 4.03. The Labute approximate surface area is 207 Å². The monoisotopic (exact) mass is 484 g/mol. The van der Waals surface area contributed by atoms with Gasteiger partial charge in [-0.05, 0) is 53.4 Å². The Morgan fingerprint density at radius 1 is 0.800 bits per heavy atom. The van der Waals surface area contributed by atoms with Crippen LogP contribution >= 0.6 is 0 Å². The Balaban J connectivity index is 1.55. The van der Waals surface area contributed by atoms with E-state index in [4.69, 9.17) is 0 Å². The van der Waals surface area contributed by atoms with Crippen LogP contribution in [0.15, 0.2) is 109 Å².